The van der Waals surface area contributed by atoms with Crippen LogP contribution in [0.3, 0.4) is 0 Å². The smallest absolute Gasteiger partial charge is 0.216 e. The van der Waals surface area contributed by atoms with E-state index in [1.807, 2.05) is 24.3 Å². The van der Waals surface area contributed by atoms with Crippen LogP contribution in [0, 0.1) is 11.3 Å². The monoisotopic (exact) mass is 354 g/mol. The van der Waals surface area contributed by atoms with Gasteiger partial charge in [-0.05, 0) is 23.4 Å². The summed E-state index contributed by atoms with van der Waals surface area (Å²) in [5, 5.41) is 26.7. The maximum absolute atomic E-state index is 9.19. The lowest BCUT2D eigenvalue weighted by atomic mass is 10.2. The molecule has 2 N–H and O–H groups in total. The molecular weight excluding hydrogens is 340 g/mol. The van der Waals surface area contributed by atoms with Crippen LogP contribution >= 0.6 is 11.3 Å². The minimum atomic E-state index is 0.253. The second kappa shape index (κ2) is 6.84. The topological polar surface area (TPSA) is 116 Å². The first-order chi connectivity index (χ1) is 12.3. The van der Waals surface area contributed by atoms with E-state index in [2.05, 4.69) is 30.8 Å². The third-order valence-electron chi connectivity index (χ3n) is 3.75. The van der Waals surface area contributed by atoms with Gasteiger partial charge in [-0.15, -0.1) is 10.2 Å². The van der Waals surface area contributed by atoms with E-state index in [-0.39, 0.29) is 5.82 Å². The molecule has 2 aromatic heterocycles. The summed E-state index contributed by atoms with van der Waals surface area (Å²) in [4.78, 5) is 6.93. The summed E-state index contributed by atoms with van der Waals surface area (Å²) < 4.78 is 6.47. The van der Waals surface area contributed by atoms with Gasteiger partial charge in [0.2, 0.25) is 5.82 Å². The van der Waals surface area contributed by atoms with E-state index in [4.69, 9.17) is 9.72 Å². The van der Waals surface area contributed by atoms with Gasteiger partial charge < -0.3 is 15.0 Å². The Morgan fingerprint density at radius 2 is 2.28 bits per heavy atom. The normalized spacial score (nSPS) is 15.3. The van der Waals surface area contributed by atoms with Crippen LogP contribution in [0.15, 0.2) is 24.4 Å². The van der Waals surface area contributed by atoms with E-state index in [0.717, 1.165) is 47.3 Å². The number of ether oxygens (including phenoxy) is 1. The highest BCUT2D eigenvalue weighted by atomic mass is 32.1. The number of nitriles is 1. The van der Waals surface area contributed by atoms with Crippen LogP contribution in [0.5, 0.6) is 0 Å². The summed E-state index contributed by atoms with van der Waals surface area (Å²) in [7, 11) is 0. The summed E-state index contributed by atoms with van der Waals surface area (Å²) >= 11 is 1.65. The van der Waals surface area contributed by atoms with Gasteiger partial charge in [-0.2, -0.15) is 10.5 Å². The fourth-order valence-corrected chi connectivity index (χ4v) is 3.53. The Morgan fingerprint density at radius 1 is 1.40 bits per heavy atom. The van der Waals surface area contributed by atoms with Crippen molar-refractivity contribution in [1.29, 1.82) is 5.26 Å². The van der Waals surface area contributed by atoms with Crippen molar-refractivity contribution in [3.63, 3.8) is 0 Å². The van der Waals surface area contributed by atoms with Crippen molar-refractivity contribution in [3.8, 4) is 6.07 Å². The Kier molecular flexibility index (Phi) is 4.24. The van der Waals surface area contributed by atoms with Crippen molar-refractivity contribution >= 4 is 37.9 Å². The molecule has 9 nitrogen and oxygen atoms in total. The molecule has 0 saturated carbocycles. The van der Waals surface area contributed by atoms with Gasteiger partial charge in [0.05, 0.1) is 23.4 Å². The molecule has 0 bridgehead atoms. The maximum Gasteiger partial charge on any atom is 0.216 e. The number of nitrogens with one attached hydrogen (secondary N) is 2. The second-order valence-electron chi connectivity index (χ2n) is 5.33. The zero-order valence-corrected chi connectivity index (χ0v) is 14.0. The third kappa shape index (κ3) is 3.28. The van der Waals surface area contributed by atoms with Crippen molar-refractivity contribution in [2.75, 3.05) is 36.5 Å². The molecule has 0 radical (unpaired) electrons. The zero-order chi connectivity index (χ0) is 17.1. The summed E-state index contributed by atoms with van der Waals surface area (Å²) in [6.07, 6.45) is 1.57. The van der Waals surface area contributed by atoms with Gasteiger partial charge >= 0.3 is 0 Å². The first kappa shape index (κ1) is 15.5. The number of anilines is 2. The number of hydrogen-bond acceptors (Lipinski definition) is 9. The SMILES string of the molecule is N#CC(=CNc1ccc2nc(N3CCOCC3)sc2c1)c1nn[nH]n1. The number of morpholine rings is 1. The maximum atomic E-state index is 9.19. The molecule has 0 aliphatic carbocycles. The molecule has 1 aromatic carbocycles. The molecule has 1 aliphatic rings. The minimum Gasteiger partial charge on any atom is -0.378 e. The van der Waals surface area contributed by atoms with Gasteiger partial charge in [0.15, 0.2) is 5.13 Å². The largest absolute Gasteiger partial charge is 0.378 e. The Bertz CT molecular complexity index is 936. The summed E-state index contributed by atoms with van der Waals surface area (Å²) in [5.41, 5.74) is 2.12. The van der Waals surface area contributed by atoms with Crippen molar-refractivity contribution in [3.05, 3.63) is 30.2 Å². The fraction of sp³-hybridized carbons (Fsp3) is 0.267. The average molecular weight is 354 g/mol. The quantitative estimate of drug-likeness (QED) is 0.679. The van der Waals surface area contributed by atoms with E-state index in [9.17, 15) is 5.26 Å². The molecule has 25 heavy (non-hydrogen) atoms. The predicted octanol–water partition coefficient (Wildman–Crippen LogP) is 1.62. The molecule has 10 heteroatoms. The first-order valence-corrected chi connectivity index (χ1v) is 8.49. The summed E-state index contributed by atoms with van der Waals surface area (Å²) in [6, 6.07) is 7.95. The van der Waals surface area contributed by atoms with Crippen LogP contribution in [0.4, 0.5) is 10.8 Å². The van der Waals surface area contributed by atoms with E-state index < -0.39 is 0 Å². The van der Waals surface area contributed by atoms with Crippen LogP contribution in [-0.2, 0) is 4.74 Å². The number of rotatable bonds is 4. The number of aromatic nitrogens is 5. The summed E-state index contributed by atoms with van der Waals surface area (Å²) in [5.74, 6) is 0.253. The molecule has 0 unspecified atom stereocenters. The number of thiazole rings is 1. The van der Waals surface area contributed by atoms with Gasteiger partial charge in [-0.25, -0.2) is 4.98 Å². The number of fused-ring (bicyclic) bond motifs is 1. The molecule has 1 fully saturated rings. The molecule has 0 amide bonds. The average Bonchev–Trinajstić information content (AvgIpc) is 3.32. The highest BCUT2D eigenvalue weighted by Crippen LogP contribution is 2.31. The third-order valence-corrected chi connectivity index (χ3v) is 4.83. The number of nitrogens with zero attached hydrogens (tertiary/aromatic N) is 6. The second-order valence-corrected chi connectivity index (χ2v) is 6.34. The molecule has 3 heterocycles. The Hall–Kier alpha value is -3.03. The molecule has 1 saturated heterocycles. The lowest BCUT2D eigenvalue weighted by Crippen LogP contribution is -2.36. The van der Waals surface area contributed by atoms with Crippen LogP contribution in [0.1, 0.15) is 5.82 Å². The standard InChI is InChI=1S/C15H14N8OS/c16-8-10(14-19-21-22-20-14)9-17-11-1-2-12-13(7-11)25-15(18-12)23-3-5-24-6-4-23/h1-2,7,9,17H,3-6H2,(H,19,20,21,22). The molecule has 0 atom stereocenters. The van der Waals surface area contributed by atoms with E-state index in [0.29, 0.717) is 5.57 Å². The van der Waals surface area contributed by atoms with E-state index >= 15 is 0 Å². The van der Waals surface area contributed by atoms with Crippen molar-refractivity contribution in [1.82, 2.24) is 25.6 Å². The molecule has 1 aliphatic heterocycles. The van der Waals surface area contributed by atoms with Crippen LogP contribution in [-0.4, -0.2) is 51.9 Å². The van der Waals surface area contributed by atoms with Crippen molar-refractivity contribution in [2.45, 2.75) is 0 Å². The van der Waals surface area contributed by atoms with Gasteiger partial charge in [0, 0.05) is 25.0 Å². The zero-order valence-electron chi connectivity index (χ0n) is 13.1. The Balaban J connectivity index is 1.55. The molecule has 126 valence electrons. The minimum absolute atomic E-state index is 0.253. The molecular formula is C15H14N8OS. The van der Waals surface area contributed by atoms with Crippen LogP contribution in [0.25, 0.3) is 15.8 Å². The van der Waals surface area contributed by atoms with Crippen molar-refractivity contribution in [2.24, 2.45) is 0 Å². The number of allylic oxidation sites excluding steroid dienone is 1. The molecule has 4 rings (SSSR count). The van der Waals surface area contributed by atoms with Crippen LogP contribution in [0.2, 0.25) is 0 Å². The highest BCUT2D eigenvalue weighted by Gasteiger charge is 2.15. The molecule has 0 spiro atoms. The van der Waals surface area contributed by atoms with Gasteiger partial charge in [0.1, 0.15) is 11.6 Å². The van der Waals surface area contributed by atoms with Crippen molar-refractivity contribution < 1.29 is 4.74 Å². The van der Waals surface area contributed by atoms with Gasteiger partial charge in [-0.3, -0.25) is 0 Å². The predicted molar refractivity (Wildman–Crippen MR) is 94.0 cm³/mol. The number of benzene rings is 1. The van der Waals surface area contributed by atoms with E-state index in [1.54, 1.807) is 17.5 Å². The lowest BCUT2D eigenvalue weighted by molar-refractivity contribution is 0.122. The molecule has 3 aromatic rings. The fourth-order valence-electron chi connectivity index (χ4n) is 2.47. The van der Waals surface area contributed by atoms with Gasteiger partial charge in [0.25, 0.3) is 0 Å². The number of H-pyrrole nitrogens is 1. The first-order valence-electron chi connectivity index (χ1n) is 7.67. The number of hydrogen-bond donors (Lipinski definition) is 2. The Labute approximate surface area is 146 Å². The number of tetrazole rings is 1. The van der Waals surface area contributed by atoms with E-state index in [1.165, 1.54) is 0 Å². The van der Waals surface area contributed by atoms with Gasteiger partial charge in [-0.1, -0.05) is 11.3 Å². The highest BCUT2D eigenvalue weighted by molar-refractivity contribution is 7.22. The summed E-state index contributed by atoms with van der Waals surface area (Å²) in [6.45, 7) is 3.20. The Morgan fingerprint density at radius 3 is 3.04 bits per heavy atom. The van der Waals surface area contributed by atoms with Crippen LogP contribution < -0.4 is 10.2 Å². The lowest BCUT2D eigenvalue weighted by Gasteiger charge is -2.25. The number of aromatic amines is 1.